The summed E-state index contributed by atoms with van der Waals surface area (Å²) < 4.78 is 16.3. The van der Waals surface area contributed by atoms with Crippen molar-refractivity contribution in [2.45, 2.75) is 0 Å². The average Bonchev–Trinajstić information content (AvgIpc) is 2.77. The van der Waals surface area contributed by atoms with Crippen molar-refractivity contribution in [2.75, 3.05) is 27.1 Å². The normalized spacial score (nSPS) is 10.7. The molecule has 0 aliphatic carbocycles. The van der Waals surface area contributed by atoms with Crippen molar-refractivity contribution in [1.82, 2.24) is 15.0 Å². The first kappa shape index (κ1) is 18.5. The summed E-state index contributed by atoms with van der Waals surface area (Å²) in [6.07, 6.45) is 0. The highest BCUT2D eigenvalue weighted by atomic mass is 16.5. The van der Waals surface area contributed by atoms with E-state index in [1.807, 2.05) is 54.6 Å². The van der Waals surface area contributed by atoms with E-state index in [-0.39, 0.29) is 5.95 Å². The van der Waals surface area contributed by atoms with Gasteiger partial charge in [0.25, 0.3) is 0 Å². The van der Waals surface area contributed by atoms with Gasteiger partial charge in [0.2, 0.25) is 11.7 Å². The largest absolute Gasteiger partial charge is 0.493 e. The Labute approximate surface area is 168 Å². The molecular formula is C22H20N4O3. The third-order valence-electron chi connectivity index (χ3n) is 4.57. The van der Waals surface area contributed by atoms with Gasteiger partial charge in [-0.15, -0.1) is 0 Å². The highest BCUT2D eigenvalue weighted by Gasteiger charge is 2.16. The van der Waals surface area contributed by atoms with Gasteiger partial charge in [0, 0.05) is 11.1 Å². The summed E-state index contributed by atoms with van der Waals surface area (Å²) in [5, 5.41) is 0. The van der Waals surface area contributed by atoms with Crippen LogP contribution in [0.5, 0.6) is 17.2 Å². The van der Waals surface area contributed by atoms with Crippen LogP contribution in [0.2, 0.25) is 0 Å². The Morgan fingerprint density at radius 2 is 1.41 bits per heavy atom. The SMILES string of the molecule is COc1cc(-c2ccc3nc(N)nc(-c4ccccc4)c3n2)cc(OC)c1OC. The number of rotatable bonds is 5. The van der Waals surface area contributed by atoms with Crippen LogP contribution in [-0.2, 0) is 0 Å². The number of nitrogens with zero attached hydrogens (tertiary/aromatic N) is 3. The van der Waals surface area contributed by atoms with E-state index < -0.39 is 0 Å². The Morgan fingerprint density at radius 3 is 2.03 bits per heavy atom. The van der Waals surface area contributed by atoms with Crippen molar-refractivity contribution >= 4 is 17.0 Å². The summed E-state index contributed by atoms with van der Waals surface area (Å²) >= 11 is 0. The molecule has 0 unspecified atom stereocenters. The van der Waals surface area contributed by atoms with E-state index in [1.165, 1.54) is 0 Å². The first-order valence-corrected chi connectivity index (χ1v) is 8.94. The molecule has 2 aromatic carbocycles. The van der Waals surface area contributed by atoms with Gasteiger partial charge in [-0.3, -0.25) is 0 Å². The second kappa shape index (κ2) is 7.63. The molecule has 0 saturated carbocycles. The van der Waals surface area contributed by atoms with Gasteiger partial charge >= 0.3 is 0 Å². The summed E-state index contributed by atoms with van der Waals surface area (Å²) in [7, 11) is 4.74. The molecule has 0 bridgehead atoms. The molecule has 0 aliphatic heterocycles. The van der Waals surface area contributed by atoms with Crippen LogP contribution in [-0.4, -0.2) is 36.3 Å². The topological polar surface area (TPSA) is 92.4 Å². The van der Waals surface area contributed by atoms with Crippen LogP contribution < -0.4 is 19.9 Å². The van der Waals surface area contributed by atoms with Gasteiger partial charge < -0.3 is 19.9 Å². The van der Waals surface area contributed by atoms with Crippen LogP contribution in [0, 0.1) is 0 Å². The number of nitrogens with two attached hydrogens (primary N) is 1. The lowest BCUT2D eigenvalue weighted by Gasteiger charge is -2.14. The summed E-state index contributed by atoms with van der Waals surface area (Å²) in [5.41, 5.74) is 10.4. The van der Waals surface area contributed by atoms with Gasteiger partial charge in [0.05, 0.1) is 32.5 Å². The molecule has 7 nitrogen and oxygen atoms in total. The van der Waals surface area contributed by atoms with Crippen LogP contribution in [0.4, 0.5) is 5.95 Å². The fraction of sp³-hybridized carbons (Fsp3) is 0.136. The summed E-state index contributed by atoms with van der Waals surface area (Å²) in [4.78, 5) is 13.6. The standard InChI is InChI=1S/C22H20N4O3/c1-27-17-11-14(12-18(28-2)21(17)29-3)15-9-10-16-20(24-15)19(26-22(23)25-16)13-7-5-4-6-8-13/h4-12H,1-3H3,(H2,23,25,26). The molecule has 0 radical (unpaired) electrons. The van der Waals surface area contributed by atoms with Crippen molar-refractivity contribution in [2.24, 2.45) is 0 Å². The molecule has 0 aliphatic rings. The second-order valence-electron chi connectivity index (χ2n) is 6.27. The molecule has 2 aromatic heterocycles. The molecule has 0 fully saturated rings. The number of ether oxygens (including phenoxy) is 3. The molecule has 0 saturated heterocycles. The third-order valence-corrected chi connectivity index (χ3v) is 4.57. The van der Waals surface area contributed by atoms with Crippen molar-refractivity contribution < 1.29 is 14.2 Å². The van der Waals surface area contributed by atoms with Crippen LogP contribution in [0.1, 0.15) is 0 Å². The van der Waals surface area contributed by atoms with E-state index in [0.29, 0.717) is 34.0 Å². The minimum atomic E-state index is 0.207. The number of aromatic nitrogens is 3. The van der Waals surface area contributed by atoms with Gasteiger partial charge in [0.15, 0.2) is 11.5 Å². The van der Waals surface area contributed by atoms with E-state index in [4.69, 9.17) is 24.9 Å². The highest BCUT2D eigenvalue weighted by Crippen LogP contribution is 2.41. The minimum Gasteiger partial charge on any atom is -0.493 e. The van der Waals surface area contributed by atoms with E-state index >= 15 is 0 Å². The smallest absolute Gasteiger partial charge is 0.221 e. The minimum absolute atomic E-state index is 0.207. The number of hydrogen-bond donors (Lipinski definition) is 1. The molecule has 4 aromatic rings. The van der Waals surface area contributed by atoms with Crippen molar-refractivity contribution in [3.63, 3.8) is 0 Å². The number of anilines is 1. The number of benzene rings is 2. The van der Waals surface area contributed by atoms with E-state index in [1.54, 1.807) is 21.3 Å². The van der Waals surface area contributed by atoms with Gasteiger partial charge in [-0.1, -0.05) is 30.3 Å². The fourth-order valence-corrected chi connectivity index (χ4v) is 3.22. The summed E-state index contributed by atoms with van der Waals surface area (Å²) in [5.74, 6) is 1.85. The molecule has 7 heteroatoms. The zero-order chi connectivity index (χ0) is 20.4. The van der Waals surface area contributed by atoms with E-state index in [0.717, 1.165) is 16.8 Å². The first-order valence-electron chi connectivity index (χ1n) is 8.94. The third kappa shape index (κ3) is 3.38. The number of pyridine rings is 1. The van der Waals surface area contributed by atoms with E-state index in [2.05, 4.69) is 9.97 Å². The second-order valence-corrected chi connectivity index (χ2v) is 6.27. The molecule has 29 heavy (non-hydrogen) atoms. The monoisotopic (exact) mass is 388 g/mol. The Hall–Kier alpha value is -3.87. The van der Waals surface area contributed by atoms with Gasteiger partial charge in [-0.05, 0) is 24.3 Å². The molecule has 0 spiro atoms. The highest BCUT2D eigenvalue weighted by molar-refractivity contribution is 5.91. The maximum Gasteiger partial charge on any atom is 0.221 e. The molecule has 146 valence electrons. The Balaban J connectivity index is 1.94. The molecule has 0 amide bonds. The Kier molecular flexibility index (Phi) is 4.87. The van der Waals surface area contributed by atoms with Crippen LogP contribution in [0.25, 0.3) is 33.5 Å². The Bertz CT molecular complexity index is 1150. The van der Waals surface area contributed by atoms with E-state index in [9.17, 15) is 0 Å². The number of fused-ring (bicyclic) bond motifs is 1. The van der Waals surface area contributed by atoms with Crippen molar-refractivity contribution in [3.8, 4) is 39.8 Å². The van der Waals surface area contributed by atoms with Gasteiger partial charge in [-0.2, -0.15) is 0 Å². The fourth-order valence-electron chi connectivity index (χ4n) is 3.22. The number of hydrogen-bond acceptors (Lipinski definition) is 7. The van der Waals surface area contributed by atoms with Crippen molar-refractivity contribution in [3.05, 3.63) is 54.6 Å². The first-order chi connectivity index (χ1) is 14.1. The zero-order valence-corrected chi connectivity index (χ0v) is 16.3. The van der Waals surface area contributed by atoms with Gasteiger partial charge in [0.1, 0.15) is 11.2 Å². The molecular weight excluding hydrogens is 368 g/mol. The van der Waals surface area contributed by atoms with Crippen LogP contribution in [0.3, 0.4) is 0 Å². The van der Waals surface area contributed by atoms with Crippen LogP contribution in [0.15, 0.2) is 54.6 Å². The lowest BCUT2D eigenvalue weighted by atomic mass is 10.1. The van der Waals surface area contributed by atoms with Gasteiger partial charge in [-0.25, -0.2) is 15.0 Å². The summed E-state index contributed by atoms with van der Waals surface area (Å²) in [6, 6.07) is 17.3. The Morgan fingerprint density at radius 1 is 0.724 bits per heavy atom. The lowest BCUT2D eigenvalue weighted by molar-refractivity contribution is 0.324. The van der Waals surface area contributed by atoms with Crippen LogP contribution >= 0.6 is 0 Å². The maximum atomic E-state index is 5.92. The molecule has 4 rings (SSSR count). The number of nitrogen functional groups attached to an aromatic ring is 1. The molecule has 2 heterocycles. The molecule has 0 atom stereocenters. The predicted octanol–water partition coefficient (Wildman–Crippen LogP) is 3.97. The average molecular weight is 388 g/mol. The zero-order valence-electron chi connectivity index (χ0n) is 16.3. The molecule has 2 N–H and O–H groups in total. The quantitative estimate of drug-likeness (QED) is 0.553. The predicted molar refractivity (Wildman–Crippen MR) is 112 cm³/mol. The summed E-state index contributed by atoms with van der Waals surface area (Å²) in [6.45, 7) is 0. The van der Waals surface area contributed by atoms with Crippen molar-refractivity contribution in [1.29, 1.82) is 0 Å². The number of methoxy groups -OCH3 is 3. The lowest BCUT2D eigenvalue weighted by Crippen LogP contribution is -2.00. The maximum absolute atomic E-state index is 5.92.